The van der Waals surface area contributed by atoms with Crippen LogP contribution in [0, 0.1) is 18.8 Å². The molecule has 1 aliphatic heterocycles. The minimum Gasteiger partial charge on any atom is -0.349 e. The Hall–Kier alpha value is -2.18. The highest BCUT2D eigenvalue weighted by molar-refractivity contribution is 7.88. The Morgan fingerprint density at radius 3 is 2.35 bits per heavy atom. The van der Waals surface area contributed by atoms with Crippen molar-refractivity contribution in [1.29, 1.82) is 0 Å². The van der Waals surface area contributed by atoms with E-state index in [2.05, 4.69) is 19.2 Å². The minimum atomic E-state index is -3.38. The first-order chi connectivity index (χ1) is 14.7. The number of hydrogen-bond acceptors (Lipinski definition) is 3. The summed E-state index contributed by atoms with van der Waals surface area (Å²) in [5.41, 5.74) is 2.97. The smallest absolute Gasteiger partial charge is 0.223 e. The van der Waals surface area contributed by atoms with Crippen LogP contribution in [-0.2, 0) is 20.6 Å². The highest BCUT2D eigenvalue weighted by Gasteiger charge is 2.32. The zero-order valence-electron chi connectivity index (χ0n) is 18.8. The lowest BCUT2D eigenvalue weighted by molar-refractivity contribution is -0.127. The van der Waals surface area contributed by atoms with Gasteiger partial charge in [0.15, 0.2) is 0 Å². The number of aryl methyl sites for hydroxylation is 1. The van der Waals surface area contributed by atoms with Crippen molar-refractivity contribution in [2.24, 2.45) is 11.8 Å². The number of nitrogens with one attached hydrogen (secondary N) is 1. The van der Waals surface area contributed by atoms with Gasteiger partial charge in [0.1, 0.15) is 0 Å². The summed E-state index contributed by atoms with van der Waals surface area (Å²) in [5.74, 6) is 0.351. The van der Waals surface area contributed by atoms with E-state index in [4.69, 9.17) is 0 Å². The van der Waals surface area contributed by atoms with Gasteiger partial charge in [-0.25, -0.2) is 12.7 Å². The van der Waals surface area contributed by atoms with E-state index >= 15 is 0 Å². The standard InChI is InChI=1S/C25H34N2O3S/c1-19(2)16-24(22-10-5-4-6-11-22)26-25(28)23-12-14-27(15-13-23)31(29,30)18-21-9-7-8-20(3)17-21/h4-11,17,19,23-24H,12-16,18H2,1-3H3,(H,26,28)/t24-/m1/s1. The van der Waals surface area contributed by atoms with Gasteiger partial charge in [0.05, 0.1) is 11.8 Å². The molecule has 1 fully saturated rings. The van der Waals surface area contributed by atoms with Crippen molar-refractivity contribution in [1.82, 2.24) is 9.62 Å². The third kappa shape index (κ3) is 6.65. The lowest BCUT2D eigenvalue weighted by Gasteiger charge is -2.32. The molecule has 0 bridgehead atoms. The van der Waals surface area contributed by atoms with Crippen LogP contribution >= 0.6 is 0 Å². The molecule has 2 aromatic rings. The maximum absolute atomic E-state index is 13.0. The van der Waals surface area contributed by atoms with Crippen LogP contribution in [0.2, 0.25) is 0 Å². The van der Waals surface area contributed by atoms with Gasteiger partial charge in [-0.2, -0.15) is 0 Å². The van der Waals surface area contributed by atoms with Crippen LogP contribution in [0.3, 0.4) is 0 Å². The first kappa shape index (κ1) is 23.5. The first-order valence-corrected chi connectivity index (χ1v) is 12.7. The van der Waals surface area contributed by atoms with Gasteiger partial charge in [-0.3, -0.25) is 4.79 Å². The normalized spacial score (nSPS) is 16.9. The molecule has 2 aromatic carbocycles. The van der Waals surface area contributed by atoms with Gasteiger partial charge in [-0.05, 0) is 43.2 Å². The van der Waals surface area contributed by atoms with Crippen LogP contribution in [0.25, 0.3) is 0 Å². The lowest BCUT2D eigenvalue weighted by atomic mass is 9.93. The summed E-state index contributed by atoms with van der Waals surface area (Å²) >= 11 is 0. The maximum Gasteiger partial charge on any atom is 0.223 e. The number of hydrogen-bond donors (Lipinski definition) is 1. The summed E-state index contributed by atoms with van der Waals surface area (Å²) in [6.45, 7) is 7.06. The Morgan fingerprint density at radius 2 is 1.74 bits per heavy atom. The fourth-order valence-electron chi connectivity index (χ4n) is 4.22. The van der Waals surface area contributed by atoms with Crippen molar-refractivity contribution < 1.29 is 13.2 Å². The quantitative estimate of drug-likeness (QED) is 0.657. The Labute approximate surface area is 186 Å². The second-order valence-corrected chi connectivity index (χ2v) is 11.0. The largest absolute Gasteiger partial charge is 0.349 e. The van der Waals surface area contributed by atoms with Gasteiger partial charge in [-0.1, -0.05) is 74.0 Å². The molecule has 1 heterocycles. The van der Waals surface area contributed by atoms with E-state index < -0.39 is 10.0 Å². The molecule has 0 radical (unpaired) electrons. The summed E-state index contributed by atoms with van der Waals surface area (Å²) in [4.78, 5) is 13.0. The number of carbonyl (C=O) groups is 1. The summed E-state index contributed by atoms with van der Waals surface area (Å²) in [6, 6.07) is 17.7. The fraction of sp³-hybridized carbons (Fsp3) is 0.480. The molecular weight excluding hydrogens is 408 g/mol. The van der Waals surface area contributed by atoms with Gasteiger partial charge < -0.3 is 5.32 Å². The topological polar surface area (TPSA) is 66.5 Å². The van der Waals surface area contributed by atoms with Crippen LogP contribution in [0.15, 0.2) is 54.6 Å². The maximum atomic E-state index is 13.0. The third-order valence-corrected chi connectivity index (χ3v) is 7.73. The molecule has 0 spiro atoms. The SMILES string of the molecule is Cc1cccc(CS(=O)(=O)N2CCC(C(=O)N[C@H](CC(C)C)c3ccccc3)CC2)c1. The number of carbonyl (C=O) groups excluding carboxylic acids is 1. The fourth-order valence-corrected chi connectivity index (χ4v) is 5.78. The first-order valence-electron chi connectivity index (χ1n) is 11.1. The monoisotopic (exact) mass is 442 g/mol. The Kier molecular flexibility index (Phi) is 7.89. The van der Waals surface area contributed by atoms with E-state index in [1.54, 1.807) is 4.31 Å². The second-order valence-electron chi connectivity index (χ2n) is 9.02. The van der Waals surface area contributed by atoms with E-state index in [0.717, 1.165) is 23.1 Å². The van der Waals surface area contributed by atoms with E-state index in [-0.39, 0.29) is 23.6 Å². The van der Waals surface area contributed by atoms with Crippen molar-refractivity contribution in [2.75, 3.05) is 13.1 Å². The van der Waals surface area contributed by atoms with E-state index in [0.29, 0.717) is 31.8 Å². The van der Waals surface area contributed by atoms with Crippen LogP contribution in [-0.4, -0.2) is 31.7 Å². The zero-order chi connectivity index (χ0) is 22.4. The predicted octanol–water partition coefficient (Wildman–Crippen LogP) is 4.44. The van der Waals surface area contributed by atoms with Gasteiger partial charge in [0.25, 0.3) is 0 Å². The Bertz CT molecular complexity index is 965. The summed E-state index contributed by atoms with van der Waals surface area (Å²) < 4.78 is 27.2. The van der Waals surface area contributed by atoms with Gasteiger partial charge >= 0.3 is 0 Å². The average Bonchev–Trinajstić information content (AvgIpc) is 2.73. The summed E-state index contributed by atoms with van der Waals surface area (Å²) in [5, 5.41) is 3.23. The molecule has 31 heavy (non-hydrogen) atoms. The number of nitrogens with zero attached hydrogens (tertiary/aromatic N) is 1. The van der Waals surface area contributed by atoms with Gasteiger partial charge in [0, 0.05) is 19.0 Å². The molecular formula is C25H34N2O3S. The molecule has 1 atom stereocenters. The molecule has 3 rings (SSSR count). The number of amides is 1. The summed E-state index contributed by atoms with van der Waals surface area (Å²) in [7, 11) is -3.38. The van der Waals surface area contributed by atoms with Crippen molar-refractivity contribution in [3.05, 3.63) is 71.3 Å². The summed E-state index contributed by atoms with van der Waals surface area (Å²) in [6.07, 6.45) is 1.99. The molecule has 1 saturated heterocycles. The average molecular weight is 443 g/mol. The zero-order valence-corrected chi connectivity index (χ0v) is 19.6. The highest BCUT2D eigenvalue weighted by Crippen LogP contribution is 2.25. The molecule has 0 aliphatic carbocycles. The Morgan fingerprint density at radius 1 is 1.06 bits per heavy atom. The molecule has 5 nitrogen and oxygen atoms in total. The van der Waals surface area contributed by atoms with Crippen LogP contribution in [0.4, 0.5) is 0 Å². The Balaban J connectivity index is 1.58. The molecule has 1 N–H and O–H groups in total. The highest BCUT2D eigenvalue weighted by atomic mass is 32.2. The van der Waals surface area contributed by atoms with Crippen molar-refractivity contribution >= 4 is 15.9 Å². The number of piperidine rings is 1. The molecule has 1 aliphatic rings. The molecule has 1 amide bonds. The van der Waals surface area contributed by atoms with Crippen LogP contribution in [0.5, 0.6) is 0 Å². The van der Waals surface area contributed by atoms with E-state index in [1.807, 2.05) is 61.5 Å². The number of sulfonamides is 1. The predicted molar refractivity (Wildman–Crippen MR) is 125 cm³/mol. The van der Waals surface area contributed by atoms with Crippen molar-refractivity contribution in [3.8, 4) is 0 Å². The molecule has 0 unspecified atom stereocenters. The van der Waals surface area contributed by atoms with Crippen molar-refractivity contribution in [3.63, 3.8) is 0 Å². The number of rotatable bonds is 8. The van der Waals surface area contributed by atoms with Crippen LogP contribution in [0.1, 0.15) is 55.8 Å². The minimum absolute atomic E-state index is 0.00993. The number of benzene rings is 2. The second kappa shape index (κ2) is 10.4. The van der Waals surface area contributed by atoms with Crippen molar-refractivity contribution in [2.45, 2.75) is 51.8 Å². The molecule has 0 aromatic heterocycles. The van der Waals surface area contributed by atoms with E-state index in [9.17, 15) is 13.2 Å². The molecule has 6 heteroatoms. The van der Waals surface area contributed by atoms with Crippen LogP contribution < -0.4 is 5.32 Å². The van der Waals surface area contributed by atoms with E-state index in [1.165, 1.54) is 0 Å². The van der Waals surface area contributed by atoms with Gasteiger partial charge in [0.2, 0.25) is 15.9 Å². The molecule has 0 saturated carbocycles. The third-order valence-electron chi connectivity index (χ3n) is 5.88. The molecule has 168 valence electrons. The van der Waals surface area contributed by atoms with Gasteiger partial charge in [-0.15, -0.1) is 0 Å². The lowest BCUT2D eigenvalue weighted by Crippen LogP contribution is -2.44.